The van der Waals surface area contributed by atoms with Crippen LogP contribution in [0.25, 0.3) is 32.8 Å². The fourth-order valence-electron chi connectivity index (χ4n) is 5.00. The van der Waals surface area contributed by atoms with Gasteiger partial charge in [-0.1, -0.05) is 44.2 Å². The van der Waals surface area contributed by atoms with Gasteiger partial charge in [-0.3, -0.25) is 0 Å². The van der Waals surface area contributed by atoms with E-state index in [1.807, 2.05) is 0 Å². The van der Waals surface area contributed by atoms with E-state index in [1.54, 1.807) is 0 Å². The number of aryl methyl sites for hydroxylation is 3. The predicted octanol–water partition coefficient (Wildman–Crippen LogP) is 6.31. The maximum atomic E-state index is 2.42. The highest BCUT2D eigenvalue weighted by molar-refractivity contribution is 6.14. The minimum Gasteiger partial charge on any atom is -0.343 e. The molecule has 3 aromatic carbocycles. The molecule has 0 bridgehead atoms. The molecule has 1 aliphatic heterocycles. The number of hydrogen-bond acceptors (Lipinski definition) is 1. The SMILES string of the molecule is Cc1c2c(c(C)c3ccccc13)N(C)c1cc(C(C)C)cc3cc[n+](C)c-2c13. The van der Waals surface area contributed by atoms with Crippen LogP contribution in [-0.4, -0.2) is 7.05 Å². The van der Waals surface area contributed by atoms with Crippen molar-refractivity contribution in [2.24, 2.45) is 7.05 Å². The van der Waals surface area contributed by atoms with Crippen LogP contribution in [0.4, 0.5) is 11.4 Å². The molecule has 0 radical (unpaired) electrons. The van der Waals surface area contributed by atoms with Crippen molar-refractivity contribution >= 4 is 32.9 Å². The molecule has 140 valence electrons. The highest BCUT2D eigenvalue weighted by Crippen LogP contribution is 2.51. The van der Waals surface area contributed by atoms with Crippen LogP contribution in [-0.2, 0) is 7.05 Å². The average Bonchev–Trinajstić information content (AvgIpc) is 2.69. The van der Waals surface area contributed by atoms with Crippen molar-refractivity contribution in [1.29, 1.82) is 0 Å². The summed E-state index contributed by atoms with van der Waals surface area (Å²) in [5.41, 5.74) is 9.48. The maximum absolute atomic E-state index is 2.42. The van der Waals surface area contributed by atoms with Gasteiger partial charge >= 0.3 is 0 Å². The zero-order chi connectivity index (χ0) is 19.7. The molecule has 2 heterocycles. The number of hydrogen-bond donors (Lipinski definition) is 0. The summed E-state index contributed by atoms with van der Waals surface area (Å²) in [6, 6.07) is 15.8. The first-order valence-electron chi connectivity index (χ1n) is 10.1. The molecule has 0 atom stereocenters. The molecule has 0 fully saturated rings. The van der Waals surface area contributed by atoms with Gasteiger partial charge in [0.2, 0.25) is 5.69 Å². The molecule has 2 nitrogen and oxygen atoms in total. The lowest BCUT2D eigenvalue weighted by atomic mass is 9.85. The predicted molar refractivity (Wildman–Crippen MR) is 120 cm³/mol. The number of benzene rings is 3. The quantitative estimate of drug-likeness (QED) is 0.358. The summed E-state index contributed by atoms with van der Waals surface area (Å²) in [6.07, 6.45) is 2.21. The highest BCUT2D eigenvalue weighted by atomic mass is 15.1. The van der Waals surface area contributed by atoms with Gasteiger partial charge in [-0.15, -0.1) is 0 Å². The lowest BCUT2D eigenvalue weighted by molar-refractivity contribution is -0.659. The van der Waals surface area contributed by atoms with Crippen molar-refractivity contribution in [1.82, 2.24) is 0 Å². The van der Waals surface area contributed by atoms with E-state index >= 15 is 0 Å². The van der Waals surface area contributed by atoms with Crippen molar-refractivity contribution < 1.29 is 4.57 Å². The molecule has 1 aliphatic rings. The van der Waals surface area contributed by atoms with E-state index in [0.717, 1.165) is 0 Å². The van der Waals surface area contributed by atoms with Gasteiger partial charge in [0.05, 0.1) is 22.3 Å². The molecule has 1 aromatic heterocycles. The number of anilines is 2. The number of pyridine rings is 1. The molecule has 0 amide bonds. The summed E-state index contributed by atoms with van der Waals surface area (Å²) in [5.74, 6) is 0.507. The monoisotopic (exact) mass is 367 g/mol. The minimum atomic E-state index is 0.507. The van der Waals surface area contributed by atoms with Crippen molar-refractivity contribution in [3.63, 3.8) is 0 Å². The fraction of sp³-hybridized carbons (Fsp3) is 0.269. The van der Waals surface area contributed by atoms with E-state index in [4.69, 9.17) is 0 Å². The molecule has 4 aromatic rings. The van der Waals surface area contributed by atoms with Gasteiger partial charge in [0.1, 0.15) is 7.05 Å². The Bertz CT molecular complexity index is 1280. The number of aromatic nitrogens is 1. The lowest BCUT2D eigenvalue weighted by Gasteiger charge is -2.32. The van der Waals surface area contributed by atoms with Crippen LogP contribution >= 0.6 is 0 Å². The summed E-state index contributed by atoms with van der Waals surface area (Å²) in [7, 11) is 4.41. The standard InChI is InChI=1S/C26H27N2/c1-15(2)19-13-18-11-12-27(5)26-23-16(3)20-9-7-8-10-21(20)17(4)25(23)28(6)22(14-19)24(18)26/h7-15H,1-6H3/q+1. The Kier molecular flexibility index (Phi) is 3.58. The third kappa shape index (κ3) is 2.12. The molecule has 0 N–H and O–H groups in total. The third-order valence-corrected chi connectivity index (χ3v) is 6.54. The molecule has 0 aliphatic carbocycles. The molecule has 0 saturated carbocycles. The summed E-state index contributed by atoms with van der Waals surface area (Å²) < 4.78 is 2.30. The second kappa shape index (κ2) is 5.81. The molecule has 2 heteroatoms. The Morgan fingerprint density at radius 1 is 0.929 bits per heavy atom. The van der Waals surface area contributed by atoms with Crippen LogP contribution < -0.4 is 9.47 Å². The largest absolute Gasteiger partial charge is 0.343 e. The van der Waals surface area contributed by atoms with E-state index in [0.29, 0.717) is 5.92 Å². The van der Waals surface area contributed by atoms with Crippen molar-refractivity contribution in [2.45, 2.75) is 33.6 Å². The van der Waals surface area contributed by atoms with E-state index in [2.05, 4.69) is 99.9 Å². The van der Waals surface area contributed by atoms with E-state index in [1.165, 1.54) is 60.9 Å². The first-order valence-corrected chi connectivity index (χ1v) is 10.1. The molecular weight excluding hydrogens is 340 g/mol. The second-order valence-corrected chi connectivity index (χ2v) is 8.51. The van der Waals surface area contributed by atoms with Gasteiger partial charge in [0.25, 0.3) is 0 Å². The number of nitrogens with zero attached hydrogens (tertiary/aromatic N) is 2. The normalized spacial score (nSPS) is 12.9. The number of fused-ring (bicyclic) bond motifs is 3. The third-order valence-electron chi connectivity index (χ3n) is 6.54. The summed E-state index contributed by atoms with van der Waals surface area (Å²) in [4.78, 5) is 2.42. The molecule has 0 spiro atoms. The topological polar surface area (TPSA) is 7.12 Å². The maximum Gasteiger partial charge on any atom is 0.224 e. The van der Waals surface area contributed by atoms with E-state index < -0.39 is 0 Å². The molecule has 0 unspecified atom stereocenters. The van der Waals surface area contributed by atoms with Crippen molar-refractivity contribution in [3.8, 4) is 11.3 Å². The van der Waals surface area contributed by atoms with Crippen LogP contribution in [0, 0.1) is 13.8 Å². The van der Waals surface area contributed by atoms with E-state index in [9.17, 15) is 0 Å². The zero-order valence-corrected chi connectivity index (χ0v) is 17.6. The van der Waals surface area contributed by atoms with Crippen LogP contribution in [0.1, 0.15) is 36.5 Å². The van der Waals surface area contributed by atoms with Crippen LogP contribution in [0.15, 0.2) is 48.7 Å². The summed E-state index contributed by atoms with van der Waals surface area (Å²) in [6.45, 7) is 9.10. The van der Waals surface area contributed by atoms with Gasteiger partial charge in [-0.2, -0.15) is 0 Å². The summed E-state index contributed by atoms with van der Waals surface area (Å²) >= 11 is 0. The molecular formula is C26H27N2+. The Balaban J connectivity index is 2.03. The molecule has 5 rings (SSSR count). The lowest BCUT2D eigenvalue weighted by Crippen LogP contribution is -2.33. The first-order chi connectivity index (χ1) is 13.4. The smallest absolute Gasteiger partial charge is 0.224 e. The Labute approximate surface area is 167 Å². The fourth-order valence-corrected chi connectivity index (χ4v) is 5.00. The summed E-state index contributed by atoms with van der Waals surface area (Å²) in [5, 5.41) is 5.40. The zero-order valence-electron chi connectivity index (χ0n) is 17.6. The number of rotatable bonds is 1. The van der Waals surface area contributed by atoms with Gasteiger partial charge < -0.3 is 4.90 Å². The van der Waals surface area contributed by atoms with Crippen LogP contribution in [0.3, 0.4) is 0 Å². The van der Waals surface area contributed by atoms with Gasteiger partial charge in [0, 0.05) is 13.1 Å². The minimum absolute atomic E-state index is 0.507. The van der Waals surface area contributed by atoms with Crippen molar-refractivity contribution in [2.75, 3.05) is 11.9 Å². The average molecular weight is 368 g/mol. The highest BCUT2D eigenvalue weighted by Gasteiger charge is 2.33. The Morgan fingerprint density at radius 2 is 1.61 bits per heavy atom. The van der Waals surface area contributed by atoms with Gasteiger partial charge in [-0.05, 0) is 58.7 Å². The van der Waals surface area contributed by atoms with Gasteiger partial charge in [-0.25, -0.2) is 4.57 Å². The Morgan fingerprint density at radius 3 is 2.29 bits per heavy atom. The van der Waals surface area contributed by atoms with Crippen molar-refractivity contribution in [3.05, 3.63) is 65.4 Å². The van der Waals surface area contributed by atoms with Crippen LogP contribution in [0.2, 0.25) is 0 Å². The second-order valence-electron chi connectivity index (χ2n) is 8.51. The van der Waals surface area contributed by atoms with E-state index in [-0.39, 0.29) is 0 Å². The van der Waals surface area contributed by atoms with Crippen LogP contribution in [0.5, 0.6) is 0 Å². The van der Waals surface area contributed by atoms with Gasteiger partial charge in [0.15, 0.2) is 6.20 Å². The first kappa shape index (κ1) is 17.2. The molecule has 28 heavy (non-hydrogen) atoms. The Hall–Kier alpha value is -2.87. The molecule has 0 saturated heterocycles.